The van der Waals surface area contributed by atoms with Crippen LogP contribution in [0.4, 0.5) is 4.39 Å². The van der Waals surface area contributed by atoms with E-state index in [0.717, 1.165) is 0 Å². The van der Waals surface area contributed by atoms with Crippen molar-refractivity contribution in [2.24, 2.45) is 10.7 Å². The molecule has 0 fully saturated rings. The first kappa shape index (κ1) is 13.8. The third kappa shape index (κ3) is 1.82. The maximum atomic E-state index is 13.6. The van der Waals surface area contributed by atoms with Crippen LogP contribution in [-0.2, 0) is 10.3 Å². The molecule has 0 aliphatic carbocycles. The zero-order valence-electron chi connectivity index (χ0n) is 10.9. The minimum atomic E-state index is -0.921. The second-order valence-electron chi connectivity index (χ2n) is 4.95. The largest absolute Gasteiger partial charge is 0.462 e. The molecular formula is C14H8BrClFN3O2. The Labute approximate surface area is 138 Å². The summed E-state index contributed by atoms with van der Waals surface area (Å²) < 4.78 is 25.1. The Morgan fingerprint density at radius 2 is 2.14 bits per heavy atom. The van der Waals surface area contributed by atoms with Gasteiger partial charge in [0.25, 0.3) is 6.02 Å². The number of rotatable bonds is 0. The molecule has 0 radical (unpaired) electrons. The lowest BCUT2D eigenvalue weighted by molar-refractivity contribution is 0.263. The number of ether oxygens (including phenoxy) is 2. The van der Waals surface area contributed by atoms with E-state index in [-0.39, 0.29) is 17.8 Å². The Kier molecular flexibility index (Phi) is 2.86. The summed E-state index contributed by atoms with van der Waals surface area (Å²) in [6.07, 6.45) is 0. The number of aliphatic imine (C=N–C) groups is 1. The van der Waals surface area contributed by atoms with E-state index < -0.39 is 11.4 Å². The summed E-state index contributed by atoms with van der Waals surface area (Å²) in [6.45, 7) is 0.181. The lowest BCUT2D eigenvalue weighted by atomic mass is 9.82. The Hall–Kier alpha value is -1.86. The zero-order valence-corrected chi connectivity index (χ0v) is 13.3. The molecule has 1 spiro atoms. The summed E-state index contributed by atoms with van der Waals surface area (Å²) in [5.74, 6) is 0.357. The Morgan fingerprint density at radius 3 is 2.86 bits per heavy atom. The van der Waals surface area contributed by atoms with E-state index in [1.807, 2.05) is 0 Å². The van der Waals surface area contributed by atoms with E-state index in [4.69, 9.17) is 26.8 Å². The van der Waals surface area contributed by atoms with Gasteiger partial charge in [0.05, 0.1) is 0 Å². The molecule has 112 valence electrons. The van der Waals surface area contributed by atoms with Gasteiger partial charge in [-0.05, 0) is 34.1 Å². The lowest BCUT2D eigenvalue weighted by Crippen LogP contribution is -2.31. The van der Waals surface area contributed by atoms with Crippen molar-refractivity contribution >= 4 is 33.6 Å². The molecule has 3 heterocycles. The van der Waals surface area contributed by atoms with Crippen LogP contribution in [0.1, 0.15) is 11.1 Å². The van der Waals surface area contributed by atoms with Gasteiger partial charge in [-0.25, -0.2) is 14.4 Å². The molecule has 0 saturated heterocycles. The van der Waals surface area contributed by atoms with E-state index in [1.165, 1.54) is 12.1 Å². The highest BCUT2D eigenvalue weighted by atomic mass is 79.9. The van der Waals surface area contributed by atoms with Gasteiger partial charge >= 0.3 is 0 Å². The SMILES string of the molecule is NC1=NC2(CO1)c1ccc(F)cc1Oc1c2cc(Cl)nc1Br. The highest BCUT2D eigenvalue weighted by Crippen LogP contribution is 2.53. The summed E-state index contributed by atoms with van der Waals surface area (Å²) in [6, 6.07) is 5.97. The van der Waals surface area contributed by atoms with Gasteiger partial charge in [0.15, 0.2) is 15.9 Å². The zero-order chi connectivity index (χ0) is 15.5. The summed E-state index contributed by atoms with van der Waals surface area (Å²) in [7, 11) is 0. The van der Waals surface area contributed by atoms with Crippen LogP contribution in [0, 0.1) is 5.82 Å². The summed E-state index contributed by atoms with van der Waals surface area (Å²) in [5.41, 5.74) is 6.12. The normalized spacial score (nSPS) is 21.7. The maximum absolute atomic E-state index is 13.6. The predicted octanol–water partition coefficient (Wildman–Crippen LogP) is 3.33. The third-order valence-corrected chi connectivity index (χ3v) is 4.41. The minimum Gasteiger partial charge on any atom is -0.462 e. The Morgan fingerprint density at radius 1 is 1.32 bits per heavy atom. The number of amidine groups is 1. The van der Waals surface area contributed by atoms with Gasteiger partial charge in [-0.3, -0.25) is 0 Å². The van der Waals surface area contributed by atoms with Crippen molar-refractivity contribution in [3.05, 3.63) is 51.0 Å². The second kappa shape index (κ2) is 4.57. The van der Waals surface area contributed by atoms with Crippen LogP contribution >= 0.6 is 27.5 Å². The maximum Gasteiger partial charge on any atom is 0.283 e. The minimum absolute atomic E-state index is 0.0622. The topological polar surface area (TPSA) is 69.7 Å². The van der Waals surface area contributed by atoms with Crippen LogP contribution in [0.5, 0.6) is 11.5 Å². The summed E-state index contributed by atoms with van der Waals surface area (Å²) in [5, 5.41) is 0.278. The van der Waals surface area contributed by atoms with E-state index in [0.29, 0.717) is 27.2 Å². The number of halogens is 3. The van der Waals surface area contributed by atoms with Crippen molar-refractivity contribution in [3.8, 4) is 11.5 Å². The van der Waals surface area contributed by atoms with Gasteiger partial charge < -0.3 is 15.2 Å². The van der Waals surface area contributed by atoms with Crippen molar-refractivity contribution in [2.75, 3.05) is 6.61 Å². The average molecular weight is 385 g/mol. The quantitative estimate of drug-likeness (QED) is 0.707. The van der Waals surface area contributed by atoms with Crippen molar-refractivity contribution in [1.29, 1.82) is 0 Å². The number of fused-ring (bicyclic) bond motifs is 4. The van der Waals surface area contributed by atoms with Crippen LogP contribution in [0.2, 0.25) is 5.15 Å². The highest BCUT2D eigenvalue weighted by molar-refractivity contribution is 9.10. The van der Waals surface area contributed by atoms with Crippen LogP contribution < -0.4 is 10.5 Å². The first-order valence-corrected chi connectivity index (χ1v) is 7.49. The van der Waals surface area contributed by atoms with Crippen molar-refractivity contribution in [1.82, 2.24) is 4.98 Å². The number of nitrogens with zero attached hydrogens (tertiary/aromatic N) is 2. The van der Waals surface area contributed by atoms with Gasteiger partial charge in [0.1, 0.15) is 23.3 Å². The van der Waals surface area contributed by atoms with E-state index >= 15 is 0 Å². The van der Waals surface area contributed by atoms with Crippen molar-refractivity contribution in [2.45, 2.75) is 5.54 Å². The third-order valence-electron chi connectivity index (χ3n) is 3.68. The van der Waals surface area contributed by atoms with E-state index in [1.54, 1.807) is 12.1 Å². The van der Waals surface area contributed by atoms with Crippen LogP contribution in [-0.4, -0.2) is 17.6 Å². The standard InChI is InChI=1S/C14H8BrClFN3O2/c15-12-11-8(4-10(16)19-12)14(5-21-13(18)20-14)7-2-1-6(17)3-9(7)22-11/h1-4H,5H2,(H2,18,20). The fourth-order valence-corrected chi connectivity index (χ4v) is 3.54. The van der Waals surface area contributed by atoms with Gasteiger partial charge in [0.2, 0.25) is 0 Å². The molecular weight excluding hydrogens is 377 g/mol. The number of hydrogen-bond donors (Lipinski definition) is 1. The fourth-order valence-electron chi connectivity index (χ4n) is 2.76. The second-order valence-corrected chi connectivity index (χ2v) is 6.09. The molecule has 1 unspecified atom stereocenters. The van der Waals surface area contributed by atoms with E-state index in [9.17, 15) is 4.39 Å². The molecule has 1 atom stereocenters. The van der Waals surface area contributed by atoms with Gasteiger partial charge in [-0.2, -0.15) is 0 Å². The molecule has 22 heavy (non-hydrogen) atoms. The van der Waals surface area contributed by atoms with Crippen molar-refractivity contribution in [3.63, 3.8) is 0 Å². The summed E-state index contributed by atoms with van der Waals surface area (Å²) in [4.78, 5) is 8.54. The van der Waals surface area contributed by atoms with Crippen LogP contribution in [0.15, 0.2) is 33.9 Å². The molecule has 2 aliphatic heterocycles. The number of aromatic nitrogens is 1. The van der Waals surface area contributed by atoms with E-state index in [2.05, 4.69) is 25.9 Å². The number of hydrogen-bond acceptors (Lipinski definition) is 5. The molecule has 1 aromatic carbocycles. The lowest BCUT2D eigenvalue weighted by Gasteiger charge is -2.33. The van der Waals surface area contributed by atoms with Crippen molar-refractivity contribution < 1.29 is 13.9 Å². The molecule has 2 aromatic rings. The first-order valence-electron chi connectivity index (χ1n) is 6.32. The number of pyridine rings is 1. The summed E-state index contributed by atoms with van der Waals surface area (Å²) >= 11 is 9.37. The molecule has 1 aromatic heterocycles. The van der Waals surface area contributed by atoms with Crippen LogP contribution in [0.25, 0.3) is 0 Å². The number of benzene rings is 1. The Balaban J connectivity index is 2.07. The predicted molar refractivity (Wildman–Crippen MR) is 81.8 cm³/mol. The molecule has 0 bridgehead atoms. The van der Waals surface area contributed by atoms with Gasteiger partial charge in [-0.15, -0.1) is 0 Å². The molecule has 2 aliphatic rings. The van der Waals surface area contributed by atoms with Gasteiger partial charge in [0, 0.05) is 17.2 Å². The molecule has 5 nitrogen and oxygen atoms in total. The molecule has 2 N–H and O–H groups in total. The van der Waals surface area contributed by atoms with Crippen LogP contribution in [0.3, 0.4) is 0 Å². The highest BCUT2D eigenvalue weighted by Gasteiger charge is 2.48. The smallest absolute Gasteiger partial charge is 0.283 e. The monoisotopic (exact) mass is 383 g/mol. The molecule has 0 saturated carbocycles. The Bertz CT molecular complexity index is 845. The fraction of sp³-hybridized carbons (Fsp3) is 0.143. The molecule has 4 rings (SSSR count). The van der Waals surface area contributed by atoms with Gasteiger partial charge in [-0.1, -0.05) is 11.6 Å². The average Bonchev–Trinajstić information content (AvgIpc) is 2.83. The molecule has 8 heteroatoms. The number of nitrogens with two attached hydrogens (primary N) is 1. The molecule has 0 amide bonds. The first-order chi connectivity index (χ1) is 10.5.